The number of hydrogen-bond acceptors (Lipinski definition) is 6. The fraction of sp³-hybridized carbons (Fsp3) is 0.467. The minimum absolute atomic E-state index is 0.101. The van der Waals surface area contributed by atoms with Crippen LogP contribution in [0.4, 0.5) is 5.13 Å². The van der Waals surface area contributed by atoms with E-state index in [1.165, 1.54) is 22.7 Å². The van der Waals surface area contributed by atoms with E-state index >= 15 is 0 Å². The molecule has 1 N–H and O–H groups in total. The third kappa shape index (κ3) is 3.92. The largest absolute Gasteiger partial charge is 0.373 e. The molecule has 22 heavy (non-hydrogen) atoms. The first-order valence-electron chi connectivity index (χ1n) is 7.26. The molecule has 5 nitrogen and oxygen atoms in total. The monoisotopic (exact) mass is 337 g/mol. The number of thiazole rings is 1. The van der Waals surface area contributed by atoms with Crippen molar-refractivity contribution in [3.63, 3.8) is 0 Å². The van der Waals surface area contributed by atoms with Crippen molar-refractivity contribution in [1.29, 1.82) is 0 Å². The summed E-state index contributed by atoms with van der Waals surface area (Å²) in [5.41, 5.74) is 1.67. The van der Waals surface area contributed by atoms with Crippen molar-refractivity contribution in [3.8, 4) is 0 Å². The predicted molar refractivity (Wildman–Crippen MR) is 89.7 cm³/mol. The lowest BCUT2D eigenvalue weighted by Crippen LogP contribution is -2.44. The van der Waals surface area contributed by atoms with Crippen molar-refractivity contribution in [3.05, 3.63) is 33.5 Å². The molecule has 0 aromatic carbocycles. The number of morpholine rings is 1. The van der Waals surface area contributed by atoms with Gasteiger partial charge in [0.25, 0.3) is 5.91 Å². The third-order valence-electron chi connectivity index (χ3n) is 3.44. The molecule has 0 radical (unpaired) electrons. The van der Waals surface area contributed by atoms with Crippen LogP contribution in [0, 0.1) is 0 Å². The van der Waals surface area contributed by atoms with Crippen molar-refractivity contribution in [2.24, 2.45) is 0 Å². The lowest BCUT2D eigenvalue weighted by Gasteiger charge is -2.34. The minimum atomic E-state index is -0.101. The molecule has 0 unspecified atom stereocenters. The Hall–Kier alpha value is -1.28. The van der Waals surface area contributed by atoms with Gasteiger partial charge in [-0.2, -0.15) is 11.3 Å². The average molecular weight is 337 g/mol. The Morgan fingerprint density at radius 2 is 2.18 bits per heavy atom. The van der Waals surface area contributed by atoms with Crippen LogP contribution in [0.2, 0.25) is 0 Å². The highest BCUT2D eigenvalue weighted by Crippen LogP contribution is 2.20. The molecule has 1 saturated heterocycles. The van der Waals surface area contributed by atoms with E-state index in [1.807, 2.05) is 22.2 Å². The topological polar surface area (TPSA) is 54.5 Å². The highest BCUT2D eigenvalue weighted by molar-refractivity contribution is 7.14. The SMILES string of the molecule is C[C@@H]1CN(Cc2csc(NC(=O)c3ccsc3)n2)C[C@H](C)O1. The molecule has 1 fully saturated rings. The number of nitrogens with zero attached hydrogens (tertiary/aromatic N) is 2. The highest BCUT2D eigenvalue weighted by atomic mass is 32.1. The molecular formula is C15H19N3O2S2. The Morgan fingerprint density at radius 3 is 2.86 bits per heavy atom. The number of thiophene rings is 1. The van der Waals surface area contributed by atoms with Crippen LogP contribution in [-0.4, -0.2) is 41.1 Å². The zero-order valence-electron chi connectivity index (χ0n) is 12.6. The molecule has 2 aromatic rings. The summed E-state index contributed by atoms with van der Waals surface area (Å²) in [6, 6.07) is 1.81. The smallest absolute Gasteiger partial charge is 0.258 e. The van der Waals surface area contributed by atoms with Gasteiger partial charge in [0, 0.05) is 30.4 Å². The average Bonchev–Trinajstić information content (AvgIpc) is 3.09. The molecule has 0 bridgehead atoms. The van der Waals surface area contributed by atoms with E-state index < -0.39 is 0 Å². The highest BCUT2D eigenvalue weighted by Gasteiger charge is 2.22. The van der Waals surface area contributed by atoms with Crippen LogP contribution in [0.5, 0.6) is 0 Å². The maximum atomic E-state index is 12.0. The Morgan fingerprint density at radius 1 is 1.41 bits per heavy atom. The molecule has 3 rings (SSSR count). The lowest BCUT2D eigenvalue weighted by atomic mass is 10.2. The van der Waals surface area contributed by atoms with E-state index in [4.69, 9.17) is 4.74 Å². The van der Waals surface area contributed by atoms with E-state index in [0.29, 0.717) is 10.7 Å². The Labute approximate surface area is 137 Å². The van der Waals surface area contributed by atoms with Crippen LogP contribution < -0.4 is 5.32 Å². The predicted octanol–water partition coefficient (Wildman–Crippen LogP) is 3.07. The lowest BCUT2D eigenvalue weighted by molar-refractivity contribution is -0.0707. The zero-order valence-corrected chi connectivity index (χ0v) is 14.2. The van der Waals surface area contributed by atoms with Gasteiger partial charge in [-0.05, 0) is 25.3 Å². The van der Waals surface area contributed by atoms with Crippen LogP contribution in [0.3, 0.4) is 0 Å². The van der Waals surface area contributed by atoms with Crippen LogP contribution in [0.25, 0.3) is 0 Å². The van der Waals surface area contributed by atoms with Gasteiger partial charge in [-0.3, -0.25) is 15.0 Å². The molecule has 7 heteroatoms. The van der Waals surface area contributed by atoms with Crippen LogP contribution in [0.15, 0.2) is 22.2 Å². The zero-order chi connectivity index (χ0) is 15.5. The molecule has 118 valence electrons. The van der Waals surface area contributed by atoms with Crippen molar-refractivity contribution < 1.29 is 9.53 Å². The second kappa shape index (κ2) is 6.87. The third-order valence-corrected chi connectivity index (χ3v) is 4.93. The number of carbonyl (C=O) groups excluding carboxylic acids is 1. The molecule has 0 saturated carbocycles. The summed E-state index contributed by atoms with van der Waals surface area (Å²) < 4.78 is 5.74. The number of anilines is 1. The van der Waals surface area contributed by atoms with Gasteiger partial charge >= 0.3 is 0 Å². The number of hydrogen-bond donors (Lipinski definition) is 1. The quantitative estimate of drug-likeness (QED) is 0.931. The summed E-state index contributed by atoms with van der Waals surface area (Å²) >= 11 is 2.98. The summed E-state index contributed by atoms with van der Waals surface area (Å²) in [7, 11) is 0. The molecular weight excluding hydrogens is 318 g/mol. The summed E-state index contributed by atoms with van der Waals surface area (Å²) in [6.07, 6.45) is 0.500. The van der Waals surface area contributed by atoms with Crippen molar-refractivity contribution in [1.82, 2.24) is 9.88 Å². The van der Waals surface area contributed by atoms with E-state index in [0.717, 1.165) is 25.3 Å². The number of nitrogens with one attached hydrogen (secondary N) is 1. The van der Waals surface area contributed by atoms with Crippen molar-refractivity contribution >= 4 is 33.7 Å². The molecule has 0 aliphatic carbocycles. The number of ether oxygens (including phenoxy) is 1. The van der Waals surface area contributed by atoms with Crippen LogP contribution in [0.1, 0.15) is 29.9 Å². The number of aromatic nitrogens is 1. The van der Waals surface area contributed by atoms with Gasteiger partial charge in [0.15, 0.2) is 5.13 Å². The first-order valence-corrected chi connectivity index (χ1v) is 9.08. The normalized spacial score (nSPS) is 22.6. The van der Waals surface area contributed by atoms with E-state index in [9.17, 15) is 4.79 Å². The van der Waals surface area contributed by atoms with E-state index in [-0.39, 0.29) is 18.1 Å². The van der Waals surface area contributed by atoms with Crippen molar-refractivity contribution in [2.45, 2.75) is 32.6 Å². The molecule has 0 spiro atoms. The van der Waals surface area contributed by atoms with Gasteiger partial charge in [0.1, 0.15) is 0 Å². The summed E-state index contributed by atoms with van der Waals surface area (Å²) in [5.74, 6) is -0.101. The number of amides is 1. The van der Waals surface area contributed by atoms with Crippen LogP contribution in [-0.2, 0) is 11.3 Å². The maximum absolute atomic E-state index is 12.0. The number of rotatable bonds is 4. The summed E-state index contributed by atoms with van der Waals surface area (Å²) in [4.78, 5) is 18.9. The second-order valence-electron chi connectivity index (χ2n) is 5.56. The van der Waals surface area contributed by atoms with E-state index in [2.05, 4.69) is 29.0 Å². The first-order chi connectivity index (χ1) is 10.6. The van der Waals surface area contributed by atoms with Gasteiger partial charge in [0.2, 0.25) is 0 Å². The van der Waals surface area contributed by atoms with Gasteiger partial charge in [-0.15, -0.1) is 11.3 Å². The summed E-state index contributed by atoms with van der Waals surface area (Å²) in [6.45, 7) is 6.81. The van der Waals surface area contributed by atoms with Crippen LogP contribution >= 0.6 is 22.7 Å². The molecule has 3 heterocycles. The molecule has 1 aliphatic heterocycles. The molecule has 2 atom stereocenters. The van der Waals surface area contributed by atoms with Gasteiger partial charge < -0.3 is 4.74 Å². The number of carbonyl (C=O) groups is 1. The first kappa shape index (κ1) is 15.6. The molecule has 1 amide bonds. The van der Waals surface area contributed by atoms with Gasteiger partial charge in [-0.1, -0.05) is 0 Å². The Kier molecular flexibility index (Phi) is 4.87. The minimum Gasteiger partial charge on any atom is -0.373 e. The fourth-order valence-electron chi connectivity index (χ4n) is 2.64. The Balaban J connectivity index is 1.58. The fourth-order valence-corrected chi connectivity index (χ4v) is 3.98. The second-order valence-corrected chi connectivity index (χ2v) is 7.20. The van der Waals surface area contributed by atoms with Gasteiger partial charge in [-0.25, -0.2) is 4.98 Å². The molecule has 1 aliphatic rings. The van der Waals surface area contributed by atoms with Gasteiger partial charge in [0.05, 0.1) is 23.5 Å². The summed E-state index contributed by atoms with van der Waals surface area (Å²) in [5, 5.41) is 9.24. The standard InChI is InChI=1S/C15H19N3O2S2/c1-10-5-18(6-11(2)20-10)7-13-9-22-15(16-13)17-14(19)12-3-4-21-8-12/h3-4,8-11H,5-7H2,1-2H3,(H,16,17,19)/t10-,11+. The van der Waals surface area contributed by atoms with Crippen molar-refractivity contribution in [2.75, 3.05) is 18.4 Å². The molecule has 2 aromatic heterocycles. The maximum Gasteiger partial charge on any atom is 0.258 e. The van der Waals surface area contributed by atoms with E-state index in [1.54, 1.807) is 0 Å². The Bertz CT molecular complexity index is 617.